The molecule has 1 saturated carbocycles. The highest BCUT2D eigenvalue weighted by Gasteiger charge is 2.72. The van der Waals surface area contributed by atoms with Crippen LogP contribution in [-0.2, 0) is 9.59 Å². The number of aliphatic carboxylic acids is 1. The van der Waals surface area contributed by atoms with Crippen LogP contribution in [0.2, 0.25) is 0 Å². The summed E-state index contributed by atoms with van der Waals surface area (Å²) in [6.07, 6.45) is 1.85. The molecule has 1 amide bonds. The van der Waals surface area contributed by atoms with Crippen LogP contribution < -0.4 is 10.1 Å². The van der Waals surface area contributed by atoms with Gasteiger partial charge in [0, 0.05) is 24.0 Å². The molecule has 7 heteroatoms. The first-order valence-electron chi connectivity index (χ1n) is 7.46. The average Bonchev–Trinajstić information content (AvgIpc) is 3.13. The number of benzene rings is 1. The molecule has 1 aromatic carbocycles. The van der Waals surface area contributed by atoms with Crippen molar-refractivity contribution in [2.24, 2.45) is 10.8 Å². The molecular weight excluding hydrogens is 310 g/mol. The molecule has 1 heterocycles. The highest BCUT2D eigenvalue weighted by Crippen LogP contribution is 2.64. The Bertz CT molecular complexity index is 791. The molecule has 2 aromatic rings. The molecule has 1 atom stereocenters. The molecule has 124 valence electrons. The Hall–Kier alpha value is -2.96. The third kappa shape index (κ3) is 2.68. The van der Waals surface area contributed by atoms with Gasteiger partial charge in [0.25, 0.3) is 0 Å². The van der Waals surface area contributed by atoms with Gasteiger partial charge in [0.2, 0.25) is 11.8 Å². The molecule has 0 spiro atoms. The minimum Gasteiger partial charge on any atom is -0.480 e. The van der Waals surface area contributed by atoms with Crippen LogP contribution >= 0.6 is 0 Å². The van der Waals surface area contributed by atoms with E-state index >= 15 is 0 Å². The van der Waals surface area contributed by atoms with Crippen LogP contribution in [0.5, 0.6) is 11.6 Å². The van der Waals surface area contributed by atoms with Crippen LogP contribution in [0.1, 0.15) is 20.3 Å². The van der Waals surface area contributed by atoms with E-state index in [2.05, 4.69) is 15.5 Å². The van der Waals surface area contributed by atoms with Gasteiger partial charge in [-0.25, -0.2) is 0 Å². The van der Waals surface area contributed by atoms with Crippen molar-refractivity contribution in [3.8, 4) is 11.6 Å². The van der Waals surface area contributed by atoms with E-state index < -0.39 is 22.7 Å². The lowest BCUT2D eigenvalue weighted by Crippen LogP contribution is -2.35. The van der Waals surface area contributed by atoms with Gasteiger partial charge in [0.1, 0.15) is 5.75 Å². The molecule has 0 radical (unpaired) electrons. The first-order valence-corrected chi connectivity index (χ1v) is 7.46. The predicted molar refractivity (Wildman–Crippen MR) is 85.6 cm³/mol. The number of carboxylic acid groups (broad SMARTS) is 1. The normalized spacial score (nSPS) is 20.9. The number of hydrogen-bond donors (Lipinski definition) is 2. The van der Waals surface area contributed by atoms with Gasteiger partial charge in [0.05, 0.1) is 0 Å². The van der Waals surface area contributed by atoms with E-state index in [4.69, 9.17) is 4.74 Å². The van der Waals surface area contributed by atoms with Gasteiger partial charge in [-0.1, -0.05) is 19.9 Å². The van der Waals surface area contributed by atoms with Crippen LogP contribution in [0, 0.1) is 10.8 Å². The number of rotatable bonds is 5. The third-order valence-corrected chi connectivity index (χ3v) is 4.35. The molecule has 0 saturated heterocycles. The van der Waals surface area contributed by atoms with E-state index in [0.29, 0.717) is 23.7 Å². The number of carboxylic acids is 1. The van der Waals surface area contributed by atoms with Crippen LogP contribution in [0.15, 0.2) is 42.6 Å². The fourth-order valence-electron chi connectivity index (χ4n) is 2.81. The molecule has 1 unspecified atom stereocenters. The lowest BCUT2D eigenvalue weighted by molar-refractivity contribution is -0.149. The average molecular weight is 327 g/mol. The van der Waals surface area contributed by atoms with Gasteiger partial charge in [-0.05, 0) is 30.0 Å². The Kier molecular flexibility index (Phi) is 3.71. The Labute approximate surface area is 138 Å². The fourth-order valence-corrected chi connectivity index (χ4v) is 2.81. The summed E-state index contributed by atoms with van der Waals surface area (Å²) >= 11 is 0. The predicted octanol–water partition coefficient (Wildman–Crippen LogP) is 2.71. The zero-order chi connectivity index (χ0) is 17.4. The molecule has 0 aliphatic heterocycles. The molecule has 24 heavy (non-hydrogen) atoms. The standard InChI is InChI=1S/C17H17N3O4/c1-16(2)10-17(16,15(22)23)14(21)19-11-5-3-6-12(9-11)24-13-7-4-8-18-20-13/h3-9H,10H2,1-2H3,(H,19,21)(H,22,23). The van der Waals surface area contributed by atoms with E-state index in [0.717, 1.165) is 0 Å². The van der Waals surface area contributed by atoms with Crippen molar-refractivity contribution in [3.63, 3.8) is 0 Å². The minimum absolute atomic E-state index is 0.316. The maximum Gasteiger partial charge on any atom is 0.319 e. The van der Waals surface area contributed by atoms with Crippen molar-refractivity contribution in [2.75, 3.05) is 5.32 Å². The Balaban J connectivity index is 1.76. The summed E-state index contributed by atoms with van der Waals surface area (Å²) in [7, 11) is 0. The number of carbonyl (C=O) groups excluding carboxylic acids is 1. The number of hydrogen-bond acceptors (Lipinski definition) is 5. The lowest BCUT2D eigenvalue weighted by Gasteiger charge is -2.16. The molecule has 1 fully saturated rings. The molecule has 2 N–H and O–H groups in total. The summed E-state index contributed by atoms with van der Waals surface area (Å²) in [4.78, 5) is 24.0. The van der Waals surface area contributed by atoms with E-state index in [1.165, 1.54) is 6.20 Å². The molecule has 1 aliphatic carbocycles. The van der Waals surface area contributed by atoms with Crippen molar-refractivity contribution in [3.05, 3.63) is 42.6 Å². The smallest absolute Gasteiger partial charge is 0.319 e. The van der Waals surface area contributed by atoms with E-state index in [1.807, 2.05) is 0 Å². The number of carbonyl (C=O) groups is 2. The first-order chi connectivity index (χ1) is 11.3. The molecule has 3 rings (SSSR count). The van der Waals surface area contributed by atoms with Crippen LogP contribution in [-0.4, -0.2) is 27.2 Å². The van der Waals surface area contributed by atoms with Crippen molar-refractivity contribution in [1.82, 2.24) is 10.2 Å². The van der Waals surface area contributed by atoms with Crippen LogP contribution in [0.25, 0.3) is 0 Å². The van der Waals surface area contributed by atoms with Gasteiger partial charge in [-0.3, -0.25) is 9.59 Å². The summed E-state index contributed by atoms with van der Waals surface area (Å²) < 4.78 is 5.55. The van der Waals surface area contributed by atoms with E-state index in [-0.39, 0.29) is 0 Å². The highest BCUT2D eigenvalue weighted by molar-refractivity contribution is 6.12. The Morgan fingerprint density at radius 3 is 2.58 bits per heavy atom. The molecule has 1 aliphatic rings. The van der Waals surface area contributed by atoms with Gasteiger partial charge in [-0.15, -0.1) is 5.10 Å². The van der Waals surface area contributed by atoms with Crippen molar-refractivity contribution in [2.45, 2.75) is 20.3 Å². The van der Waals surface area contributed by atoms with Gasteiger partial charge < -0.3 is 15.2 Å². The molecule has 1 aromatic heterocycles. The first kappa shape index (κ1) is 15.9. The van der Waals surface area contributed by atoms with Crippen molar-refractivity contribution in [1.29, 1.82) is 0 Å². The number of anilines is 1. The SMILES string of the molecule is CC1(C)CC1(C(=O)O)C(=O)Nc1cccc(Oc2cccnn2)c1. The zero-order valence-corrected chi connectivity index (χ0v) is 13.3. The summed E-state index contributed by atoms with van der Waals surface area (Å²) in [6.45, 7) is 3.54. The monoisotopic (exact) mass is 327 g/mol. The number of aromatic nitrogens is 2. The second kappa shape index (κ2) is 5.59. The van der Waals surface area contributed by atoms with Crippen molar-refractivity contribution < 1.29 is 19.4 Å². The topological polar surface area (TPSA) is 101 Å². The van der Waals surface area contributed by atoms with E-state index in [1.54, 1.807) is 50.2 Å². The number of nitrogens with zero attached hydrogens (tertiary/aromatic N) is 2. The Morgan fingerprint density at radius 2 is 2.00 bits per heavy atom. The second-order valence-electron chi connectivity index (χ2n) is 6.42. The molecular formula is C17H17N3O4. The maximum absolute atomic E-state index is 12.5. The van der Waals surface area contributed by atoms with Crippen molar-refractivity contribution >= 4 is 17.6 Å². The minimum atomic E-state index is -1.38. The summed E-state index contributed by atoms with van der Waals surface area (Å²) in [6, 6.07) is 10.0. The summed E-state index contributed by atoms with van der Waals surface area (Å²) in [5.74, 6) is -0.826. The molecule has 0 bridgehead atoms. The second-order valence-corrected chi connectivity index (χ2v) is 6.42. The summed E-state index contributed by atoms with van der Waals surface area (Å²) in [5, 5.41) is 19.6. The largest absolute Gasteiger partial charge is 0.480 e. The van der Waals surface area contributed by atoms with Gasteiger partial charge >= 0.3 is 5.97 Å². The summed E-state index contributed by atoms with van der Waals surface area (Å²) in [5.41, 5.74) is -1.48. The zero-order valence-electron chi connectivity index (χ0n) is 13.3. The van der Waals surface area contributed by atoms with Gasteiger partial charge in [-0.2, -0.15) is 5.10 Å². The van der Waals surface area contributed by atoms with Crippen LogP contribution in [0.3, 0.4) is 0 Å². The van der Waals surface area contributed by atoms with E-state index in [9.17, 15) is 14.7 Å². The number of nitrogens with one attached hydrogen (secondary N) is 1. The quantitative estimate of drug-likeness (QED) is 0.819. The Morgan fingerprint density at radius 1 is 1.25 bits per heavy atom. The maximum atomic E-state index is 12.5. The molecule has 7 nitrogen and oxygen atoms in total. The lowest BCUT2D eigenvalue weighted by atomic mass is 9.95. The van der Waals surface area contributed by atoms with Gasteiger partial charge in [0.15, 0.2) is 5.41 Å². The fraction of sp³-hybridized carbons (Fsp3) is 0.294. The highest BCUT2D eigenvalue weighted by atomic mass is 16.5. The van der Waals surface area contributed by atoms with Crippen LogP contribution in [0.4, 0.5) is 5.69 Å². The number of ether oxygens (including phenoxy) is 1. The third-order valence-electron chi connectivity index (χ3n) is 4.35. The number of amides is 1.